The van der Waals surface area contributed by atoms with Crippen LogP contribution in [0.1, 0.15) is 43.7 Å². The molecule has 48 heavy (non-hydrogen) atoms. The second-order valence-corrected chi connectivity index (χ2v) is 11.3. The van der Waals surface area contributed by atoms with Gasteiger partial charge in [-0.05, 0) is 97.1 Å². The lowest BCUT2D eigenvalue weighted by Crippen LogP contribution is -2.39. The Kier molecular flexibility index (Phi) is 9.89. The maximum atomic E-state index is 15.4. The molecule has 5 rings (SSSR count). The molecule has 0 bridgehead atoms. The van der Waals surface area contributed by atoms with E-state index in [1.807, 2.05) is 0 Å². The SMILES string of the molecule is CC=Cc1cc(F)c2c(F)c(-c3cc(F)c(-c4cc(F)c(COC5CCC(C(F)(F)OC(F)(F)F)CC5)c(F)c4)c(F)c3)c(F)cc2c1. The Balaban J connectivity index is 1.35. The fourth-order valence-electron chi connectivity index (χ4n) is 5.87. The predicted octanol–water partition coefficient (Wildman–Crippen LogP) is 11.4. The van der Waals surface area contributed by atoms with Gasteiger partial charge in [0.2, 0.25) is 0 Å². The average Bonchev–Trinajstić information content (AvgIpc) is 2.95. The fraction of sp³-hybridized carbons (Fsp3) is 0.294. The highest BCUT2D eigenvalue weighted by molar-refractivity contribution is 5.91. The smallest absolute Gasteiger partial charge is 0.373 e. The summed E-state index contributed by atoms with van der Waals surface area (Å²) in [6.07, 6.45) is -8.92. The van der Waals surface area contributed by atoms with Gasteiger partial charge in [0, 0.05) is 5.56 Å². The number of halogens is 12. The number of rotatable bonds is 8. The van der Waals surface area contributed by atoms with Gasteiger partial charge in [0.15, 0.2) is 0 Å². The zero-order valence-corrected chi connectivity index (χ0v) is 24.7. The Morgan fingerprint density at radius 2 is 1.21 bits per heavy atom. The van der Waals surface area contributed by atoms with Crippen molar-refractivity contribution < 1.29 is 62.2 Å². The van der Waals surface area contributed by atoms with Crippen LogP contribution in [0.5, 0.6) is 0 Å². The minimum atomic E-state index is -5.54. The number of benzene rings is 4. The second kappa shape index (κ2) is 13.5. The van der Waals surface area contributed by atoms with E-state index < -0.39 is 118 Å². The topological polar surface area (TPSA) is 18.5 Å². The average molecular weight is 693 g/mol. The van der Waals surface area contributed by atoms with E-state index in [0.717, 1.165) is 12.1 Å². The first-order valence-electron chi connectivity index (χ1n) is 14.5. The standard InChI is InChI=1S/C34H24F12O2/c1-2-3-16-8-17-12-28(40)31(32(41)30(17)25(37)9-16)19-13-26(38)29(27(39)14-19)18-10-23(35)22(24(36)11-18)15-47-21-6-4-20(5-7-21)33(42,43)48-34(44,45)46/h2-3,8-14,20-21H,4-7,15H2,1H3. The van der Waals surface area contributed by atoms with Gasteiger partial charge in [0.05, 0.1) is 35.1 Å². The van der Waals surface area contributed by atoms with Crippen LogP contribution in [0.15, 0.2) is 48.5 Å². The van der Waals surface area contributed by atoms with Crippen molar-refractivity contribution in [2.24, 2.45) is 5.92 Å². The molecule has 256 valence electrons. The van der Waals surface area contributed by atoms with Gasteiger partial charge in [-0.1, -0.05) is 12.2 Å². The lowest BCUT2D eigenvalue weighted by Gasteiger charge is -2.33. The first kappa shape index (κ1) is 35.3. The van der Waals surface area contributed by atoms with Crippen molar-refractivity contribution in [2.75, 3.05) is 0 Å². The lowest BCUT2D eigenvalue weighted by atomic mass is 9.86. The van der Waals surface area contributed by atoms with Gasteiger partial charge in [0.25, 0.3) is 0 Å². The zero-order valence-electron chi connectivity index (χ0n) is 24.7. The molecule has 1 aliphatic carbocycles. The molecule has 0 atom stereocenters. The fourth-order valence-corrected chi connectivity index (χ4v) is 5.87. The Labute approximate surface area is 265 Å². The molecule has 1 fully saturated rings. The number of ether oxygens (including phenoxy) is 2. The van der Waals surface area contributed by atoms with Gasteiger partial charge in [-0.3, -0.25) is 0 Å². The third kappa shape index (κ3) is 7.34. The third-order valence-electron chi connectivity index (χ3n) is 8.09. The van der Waals surface area contributed by atoms with Crippen molar-refractivity contribution in [3.63, 3.8) is 0 Å². The molecule has 14 heteroatoms. The Morgan fingerprint density at radius 1 is 0.667 bits per heavy atom. The van der Waals surface area contributed by atoms with Gasteiger partial charge in [-0.2, -0.15) is 8.78 Å². The van der Waals surface area contributed by atoms with E-state index in [-0.39, 0.29) is 18.2 Å². The van der Waals surface area contributed by atoms with Crippen LogP contribution >= 0.6 is 0 Å². The van der Waals surface area contributed by atoms with Gasteiger partial charge in [0.1, 0.15) is 40.7 Å². The van der Waals surface area contributed by atoms with Crippen molar-refractivity contribution in [3.05, 3.63) is 100 Å². The van der Waals surface area contributed by atoms with Gasteiger partial charge in [-0.15, -0.1) is 13.2 Å². The molecule has 0 heterocycles. The molecule has 0 radical (unpaired) electrons. The first-order valence-corrected chi connectivity index (χ1v) is 14.5. The highest BCUT2D eigenvalue weighted by Crippen LogP contribution is 2.42. The number of allylic oxidation sites excluding steroid dienone is 1. The molecule has 4 aromatic carbocycles. The molecule has 0 aromatic heterocycles. The highest BCUT2D eigenvalue weighted by atomic mass is 19.4. The molecule has 1 aliphatic rings. The molecular formula is C34H24F12O2. The molecule has 2 nitrogen and oxygen atoms in total. The van der Waals surface area contributed by atoms with Crippen LogP contribution in [0, 0.1) is 46.6 Å². The summed E-state index contributed by atoms with van der Waals surface area (Å²) in [6.45, 7) is 0.918. The van der Waals surface area contributed by atoms with Crippen LogP contribution < -0.4 is 0 Å². The third-order valence-corrected chi connectivity index (χ3v) is 8.09. The van der Waals surface area contributed by atoms with Crippen LogP contribution in [-0.2, 0) is 16.1 Å². The van der Waals surface area contributed by atoms with E-state index in [2.05, 4.69) is 4.74 Å². The maximum Gasteiger partial charge on any atom is 0.527 e. The first-order chi connectivity index (χ1) is 22.5. The van der Waals surface area contributed by atoms with E-state index in [1.54, 1.807) is 13.0 Å². The normalized spacial score (nSPS) is 17.5. The van der Waals surface area contributed by atoms with Crippen molar-refractivity contribution in [1.82, 2.24) is 0 Å². The molecule has 0 saturated heterocycles. The molecule has 0 amide bonds. The molecular weight excluding hydrogens is 668 g/mol. The molecule has 1 saturated carbocycles. The molecule has 0 spiro atoms. The maximum absolute atomic E-state index is 15.4. The van der Waals surface area contributed by atoms with E-state index in [0.29, 0.717) is 29.8 Å². The van der Waals surface area contributed by atoms with E-state index in [4.69, 9.17) is 4.74 Å². The minimum absolute atomic E-state index is 0.140. The molecule has 0 unspecified atom stereocenters. The summed E-state index contributed by atoms with van der Waals surface area (Å²) in [6, 6.07) is 5.36. The minimum Gasteiger partial charge on any atom is -0.373 e. The lowest BCUT2D eigenvalue weighted by molar-refractivity contribution is -0.439. The molecule has 0 N–H and O–H groups in total. The van der Waals surface area contributed by atoms with Crippen molar-refractivity contribution >= 4 is 16.8 Å². The summed E-state index contributed by atoms with van der Waals surface area (Å²) < 4.78 is 179. The van der Waals surface area contributed by atoms with Gasteiger partial charge in [-0.25, -0.2) is 35.5 Å². The Hall–Kier alpha value is -4.04. The molecule has 4 aromatic rings. The largest absolute Gasteiger partial charge is 0.527 e. The monoisotopic (exact) mass is 692 g/mol. The number of alkyl halides is 5. The van der Waals surface area contributed by atoms with E-state index >= 15 is 17.6 Å². The summed E-state index contributed by atoms with van der Waals surface area (Å²) >= 11 is 0. The van der Waals surface area contributed by atoms with Crippen molar-refractivity contribution in [1.29, 1.82) is 0 Å². The van der Waals surface area contributed by atoms with Crippen LogP contribution in [0.25, 0.3) is 39.1 Å². The Morgan fingerprint density at radius 3 is 1.77 bits per heavy atom. The summed E-state index contributed by atoms with van der Waals surface area (Å²) in [5, 5.41) is -0.757. The second-order valence-electron chi connectivity index (χ2n) is 11.3. The van der Waals surface area contributed by atoms with Crippen LogP contribution in [0.4, 0.5) is 52.7 Å². The quantitative estimate of drug-likeness (QED) is 0.171. The van der Waals surface area contributed by atoms with Gasteiger partial charge < -0.3 is 4.74 Å². The summed E-state index contributed by atoms with van der Waals surface area (Å²) in [7, 11) is 0. The zero-order chi connectivity index (χ0) is 35.1. The van der Waals surface area contributed by atoms with Crippen molar-refractivity contribution in [3.8, 4) is 22.3 Å². The number of hydrogen-bond acceptors (Lipinski definition) is 2. The van der Waals surface area contributed by atoms with Gasteiger partial charge >= 0.3 is 12.5 Å². The summed E-state index contributed by atoms with van der Waals surface area (Å²) in [5.74, 6) is -11.0. The van der Waals surface area contributed by atoms with Crippen LogP contribution in [0.3, 0.4) is 0 Å². The van der Waals surface area contributed by atoms with E-state index in [1.165, 1.54) is 12.1 Å². The summed E-state index contributed by atoms with van der Waals surface area (Å²) in [5.41, 5.74) is -3.49. The van der Waals surface area contributed by atoms with Crippen LogP contribution in [-0.4, -0.2) is 18.6 Å². The predicted molar refractivity (Wildman–Crippen MR) is 152 cm³/mol. The van der Waals surface area contributed by atoms with Crippen molar-refractivity contribution in [2.45, 2.75) is 57.8 Å². The molecule has 0 aliphatic heterocycles. The Bertz CT molecular complexity index is 1830. The highest BCUT2D eigenvalue weighted by Gasteiger charge is 2.51. The summed E-state index contributed by atoms with van der Waals surface area (Å²) in [4.78, 5) is 0. The van der Waals surface area contributed by atoms with E-state index in [9.17, 15) is 35.1 Å². The number of hydrogen-bond donors (Lipinski definition) is 0. The number of fused-ring (bicyclic) bond motifs is 1. The van der Waals surface area contributed by atoms with Crippen LogP contribution in [0.2, 0.25) is 0 Å².